The van der Waals surface area contributed by atoms with E-state index in [4.69, 9.17) is 5.73 Å². The topological polar surface area (TPSA) is 119 Å². The summed E-state index contributed by atoms with van der Waals surface area (Å²) in [5.41, 5.74) is 5.87. The van der Waals surface area contributed by atoms with Crippen molar-refractivity contribution in [3.63, 3.8) is 0 Å². The molecule has 28 heavy (non-hydrogen) atoms. The highest BCUT2D eigenvalue weighted by atomic mass is 32.2. The summed E-state index contributed by atoms with van der Waals surface area (Å²) >= 11 is 1.60. The maximum absolute atomic E-state index is 12.4. The van der Waals surface area contributed by atoms with Gasteiger partial charge in [-0.3, -0.25) is 9.79 Å². The Balaban J connectivity index is 1.37. The lowest BCUT2D eigenvalue weighted by Crippen LogP contribution is -2.63. The first-order chi connectivity index (χ1) is 13.3. The average molecular weight is 409 g/mol. The van der Waals surface area contributed by atoms with Crippen LogP contribution in [-0.4, -0.2) is 81.3 Å². The van der Waals surface area contributed by atoms with Crippen molar-refractivity contribution in [1.82, 2.24) is 9.80 Å². The van der Waals surface area contributed by atoms with Crippen LogP contribution in [0.5, 0.6) is 0 Å². The second-order valence-corrected chi connectivity index (χ2v) is 9.81. The number of carbonyl (C=O) groups is 2. The number of aliphatic imine (C=N–C) groups is 1. The van der Waals surface area contributed by atoms with Crippen LogP contribution in [0.4, 0.5) is 0 Å². The summed E-state index contributed by atoms with van der Waals surface area (Å²) in [6, 6.07) is -0.233. The molecule has 0 aromatic heterocycles. The Bertz CT molecular complexity index is 746. The van der Waals surface area contributed by atoms with Gasteiger partial charge in [-0.1, -0.05) is 6.92 Å². The SMILES string of the molecule is C[C@@H](O)[C@H]1C(=O)N2C(C(=O)O)=C(SC3CN(CC4CCC(N)=NC4)C3)[C@H](C)[C@H]12. The highest BCUT2D eigenvalue weighted by Gasteiger charge is 2.60. The van der Waals surface area contributed by atoms with E-state index in [2.05, 4.69) is 9.89 Å². The molecule has 0 bridgehead atoms. The monoisotopic (exact) mass is 408 g/mol. The fraction of sp³-hybridized carbons (Fsp3) is 0.737. The first-order valence-corrected chi connectivity index (χ1v) is 10.8. The van der Waals surface area contributed by atoms with Crippen LogP contribution in [-0.2, 0) is 9.59 Å². The molecule has 5 atom stereocenters. The lowest BCUT2D eigenvalue weighted by molar-refractivity contribution is -0.163. The van der Waals surface area contributed by atoms with Crippen molar-refractivity contribution in [3.05, 3.63) is 10.6 Å². The van der Waals surface area contributed by atoms with E-state index >= 15 is 0 Å². The van der Waals surface area contributed by atoms with Gasteiger partial charge >= 0.3 is 5.97 Å². The number of thioether (sulfide) groups is 1. The van der Waals surface area contributed by atoms with Crippen LogP contribution in [0.25, 0.3) is 0 Å². The predicted octanol–water partition coefficient (Wildman–Crippen LogP) is 0.325. The van der Waals surface area contributed by atoms with Gasteiger partial charge in [0.1, 0.15) is 5.70 Å². The van der Waals surface area contributed by atoms with Crippen LogP contribution in [0, 0.1) is 17.8 Å². The minimum absolute atomic E-state index is 0.0573. The number of aliphatic hydroxyl groups is 1. The van der Waals surface area contributed by atoms with Crippen LogP contribution in [0.3, 0.4) is 0 Å². The number of amidine groups is 1. The van der Waals surface area contributed by atoms with Crippen molar-refractivity contribution in [3.8, 4) is 0 Å². The molecule has 0 aromatic carbocycles. The Hall–Kier alpha value is -1.58. The normalized spacial score (nSPS) is 34.6. The van der Waals surface area contributed by atoms with Gasteiger partial charge in [-0.15, -0.1) is 11.8 Å². The third kappa shape index (κ3) is 3.23. The van der Waals surface area contributed by atoms with Gasteiger partial charge < -0.3 is 25.7 Å². The maximum atomic E-state index is 12.4. The summed E-state index contributed by atoms with van der Waals surface area (Å²) < 4.78 is 0. The summed E-state index contributed by atoms with van der Waals surface area (Å²) in [7, 11) is 0. The number of nitrogens with two attached hydrogens (primary N) is 1. The molecule has 2 saturated heterocycles. The number of fused-ring (bicyclic) bond motifs is 1. The first kappa shape index (κ1) is 19.7. The Morgan fingerprint density at radius 2 is 2.14 bits per heavy atom. The van der Waals surface area contributed by atoms with Crippen LogP contribution in [0.15, 0.2) is 15.6 Å². The molecule has 0 radical (unpaired) electrons. The van der Waals surface area contributed by atoms with Gasteiger partial charge in [0.15, 0.2) is 0 Å². The van der Waals surface area contributed by atoms with E-state index in [0.29, 0.717) is 11.2 Å². The molecule has 4 N–H and O–H groups in total. The van der Waals surface area contributed by atoms with Gasteiger partial charge in [0.05, 0.1) is 23.9 Å². The second-order valence-electron chi connectivity index (χ2n) is 8.47. The zero-order valence-electron chi connectivity index (χ0n) is 16.2. The molecule has 4 aliphatic heterocycles. The summed E-state index contributed by atoms with van der Waals surface area (Å²) in [4.78, 5) is 33.2. The van der Waals surface area contributed by atoms with Gasteiger partial charge in [-0.2, -0.15) is 0 Å². The number of carboxylic acid groups (broad SMARTS) is 1. The fourth-order valence-electron chi connectivity index (χ4n) is 4.89. The molecule has 154 valence electrons. The molecular weight excluding hydrogens is 380 g/mol. The number of nitrogens with zero attached hydrogens (tertiary/aromatic N) is 3. The summed E-state index contributed by atoms with van der Waals surface area (Å²) in [5.74, 6) is -0.580. The molecule has 1 amide bonds. The lowest BCUT2D eigenvalue weighted by Gasteiger charge is -2.46. The molecule has 0 saturated carbocycles. The fourth-order valence-corrected chi connectivity index (χ4v) is 6.47. The van der Waals surface area contributed by atoms with Crippen molar-refractivity contribution >= 4 is 29.5 Å². The molecule has 0 aliphatic carbocycles. The number of aliphatic hydroxyl groups excluding tert-OH is 1. The van der Waals surface area contributed by atoms with Gasteiger partial charge in [-0.05, 0) is 19.3 Å². The highest BCUT2D eigenvalue weighted by Crippen LogP contribution is 2.51. The molecule has 9 heteroatoms. The number of likely N-dealkylation sites (tertiary alicyclic amines) is 1. The van der Waals surface area contributed by atoms with Gasteiger partial charge in [0.25, 0.3) is 0 Å². The third-order valence-electron chi connectivity index (χ3n) is 6.41. The average Bonchev–Trinajstić information content (AvgIpc) is 2.83. The van der Waals surface area contributed by atoms with Crippen LogP contribution in [0.2, 0.25) is 0 Å². The van der Waals surface area contributed by atoms with E-state index in [1.807, 2.05) is 6.92 Å². The quantitative estimate of drug-likeness (QED) is 0.542. The molecule has 0 aromatic rings. The third-order valence-corrected chi connectivity index (χ3v) is 7.86. The number of carboxylic acids is 1. The van der Waals surface area contributed by atoms with E-state index in [-0.39, 0.29) is 23.6 Å². The second kappa shape index (κ2) is 7.35. The zero-order valence-corrected chi connectivity index (χ0v) is 17.1. The lowest BCUT2D eigenvalue weighted by atomic mass is 9.79. The minimum Gasteiger partial charge on any atom is -0.477 e. The molecule has 2 fully saturated rings. The zero-order chi connectivity index (χ0) is 20.2. The molecule has 4 heterocycles. The van der Waals surface area contributed by atoms with Crippen molar-refractivity contribution in [1.29, 1.82) is 0 Å². The van der Waals surface area contributed by atoms with Gasteiger partial charge in [0.2, 0.25) is 5.91 Å². The van der Waals surface area contributed by atoms with E-state index in [1.54, 1.807) is 18.7 Å². The number of amides is 1. The van der Waals surface area contributed by atoms with E-state index < -0.39 is 18.0 Å². The van der Waals surface area contributed by atoms with Crippen molar-refractivity contribution in [2.45, 2.75) is 44.1 Å². The van der Waals surface area contributed by atoms with E-state index in [0.717, 1.165) is 49.8 Å². The van der Waals surface area contributed by atoms with Gasteiger partial charge in [0, 0.05) is 48.7 Å². The maximum Gasteiger partial charge on any atom is 0.353 e. The minimum atomic E-state index is -1.05. The number of hydrogen-bond acceptors (Lipinski definition) is 7. The van der Waals surface area contributed by atoms with Crippen LogP contribution < -0.4 is 5.73 Å². The number of β-lactam (4-membered cyclic amide) rings is 1. The number of aliphatic carboxylic acids is 1. The molecular formula is C19H28N4O4S. The summed E-state index contributed by atoms with van der Waals surface area (Å²) in [5, 5.41) is 20.0. The molecule has 4 aliphatic rings. The van der Waals surface area contributed by atoms with E-state index in [9.17, 15) is 19.8 Å². The Morgan fingerprint density at radius 3 is 2.71 bits per heavy atom. The standard InChI is InChI=1S/C19H28N4O4S/c1-9-15-14(10(2)24)18(25)23(15)16(19(26)27)17(9)28-12-7-22(8-12)6-11-3-4-13(20)21-5-11/h9-12,14-15,24H,3-8H2,1-2H3,(H2,20,21)(H,26,27)/t9-,10-,11?,14-,15-/m1/s1. The van der Waals surface area contributed by atoms with Crippen molar-refractivity contribution in [2.24, 2.45) is 28.5 Å². The number of carbonyl (C=O) groups excluding carboxylic acids is 1. The molecule has 8 nitrogen and oxygen atoms in total. The summed E-state index contributed by atoms with van der Waals surface area (Å²) in [6.07, 6.45) is 1.19. The van der Waals surface area contributed by atoms with Gasteiger partial charge in [-0.25, -0.2) is 4.79 Å². The molecule has 1 unspecified atom stereocenters. The Labute approximate surface area is 168 Å². The number of rotatable bonds is 6. The molecule has 0 spiro atoms. The first-order valence-electron chi connectivity index (χ1n) is 9.94. The van der Waals surface area contributed by atoms with E-state index in [1.165, 1.54) is 4.90 Å². The van der Waals surface area contributed by atoms with Crippen LogP contribution in [0.1, 0.15) is 26.7 Å². The van der Waals surface area contributed by atoms with Crippen LogP contribution >= 0.6 is 11.8 Å². The van der Waals surface area contributed by atoms with Crippen molar-refractivity contribution in [2.75, 3.05) is 26.2 Å². The van der Waals surface area contributed by atoms with Crippen molar-refractivity contribution < 1.29 is 19.8 Å². The Kier molecular flexibility index (Phi) is 5.18. The summed E-state index contributed by atoms with van der Waals surface area (Å²) in [6.45, 7) is 7.21. The number of hydrogen-bond donors (Lipinski definition) is 3. The highest BCUT2D eigenvalue weighted by molar-refractivity contribution is 8.03. The largest absolute Gasteiger partial charge is 0.477 e. The predicted molar refractivity (Wildman–Crippen MR) is 107 cm³/mol. The smallest absolute Gasteiger partial charge is 0.353 e. The Morgan fingerprint density at radius 1 is 1.43 bits per heavy atom. The molecule has 4 rings (SSSR count).